The lowest BCUT2D eigenvalue weighted by molar-refractivity contribution is -0.145. The monoisotopic (exact) mass is 580 g/mol. The maximum absolute atomic E-state index is 11.8. The van der Waals surface area contributed by atoms with Gasteiger partial charge in [0.1, 0.15) is 25.2 Å². The van der Waals surface area contributed by atoms with Crippen LogP contribution in [0.5, 0.6) is 5.75 Å². The molecule has 1 rings (SSSR count). The Hall–Kier alpha value is -2.00. The molecule has 0 atom stereocenters. The second-order valence-corrected chi connectivity index (χ2v) is 10.2. The molecule has 0 amide bonds. The summed E-state index contributed by atoms with van der Waals surface area (Å²) in [6.45, 7) is 6.69. The van der Waals surface area contributed by atoms with Gasteiger partial charge in [0.05, 0.1) is 52.9 Å². The SMILES string of the molecule is CCCCCCCCCCCCCCCC(=O)OCCOCCOCCOCCOCCOc1ccc(C=O)cc1. The van der Waals surface area contributed by atoms with Gasteiger partial charge in [0, 0.05) is 12.0 Å². The molecule has 0 fully saturated rings. The van der Waals surface area contributed by atoms with E-state index in [0.29, 0.717) is 77.2 Å². The summed E-state index contributed by atoms with van der Waals surface area (Å²) in [6, 6.07) is 6.94. The fourth-order valence-electron chi connectivity index (χ4n) is 4.20. The highest BCUT2D eigenvalue weighted by Crippen LogP contribution is 2.13. The van der Waals surface area contributed by atoms with E-state index in [9.17, 15) is 9.59 Å². The Morgan fingerprint density at radius 2 is 0.976 bits per heavy atom. The van der Waals surface area contributed by atoms with E-state index in [1.807, 2.05) is 0 Å². The summed E-state index contributed by atoms with van der Waals surface area (Å²) in [5.41, 5.74) is 0.621. The number of ether oxygens (including phenoxy) is 6. The summed E-state index contributed by atoms with van der Waals surface area (Å²) in [4.78, 5) is 22.4. The van der Waals surface area contributed by atoms with E-state index in [1.165, 1.54) is 70.6 Å². The number of aldehydes is 1. The molecule has 0 aliphatic carbocycles. The normalized spacial score (nSPS) is 11.0. The fourth-order valence-corrected chi connectivity index (χ4v) is 4.20. The first-order chi connectivity index (χ1) is 20.3. The summed E-state index contributed by atoms with van der Waals surface area (Å²) in [5, 5.41) is 0. The van der Waals surface area contributed by atoms with Crippen molar-refractivity contribution < 1.29 is 38.0 Å². The van der Waals surface area contributed by atoms with Gasteiger partial charge >= 0.3 is 5.97 Å². The molecule has 0 aliphatic rings. The minimum absolute atomic E-state index is 0.132. The third-order valence-corrected chi connectivity index (χ3v) is 6.60. The first-order valence-corrected chi connectivity index (χ1v) is 15.9. The zero-order valence-electron chi connectivity index (χ0n) is 25.6. The summed E-state index contributed by atoms with van der Waals surface area (Å²) < 4.78 is 32.6. The first-order valence-electron chi connectivity index (χ1n) is 15.9. The molecule has 0 heterocycles. The van der Waals surface area contributed by atoms with Crippen LogP contribution in [0.1, 0.15) is 107 Å². The Morgan fingerprint density at radius 3 is 1.44 bits per heavy atom. The van der Waals surface area contributed by atoms with Crippen LogP contribution in [0.25, 0.3) is 0 Å². The van der Waals surface area contributed by atoms with Crippen LogP contribution < -0.4 is 4.74 Å². The predicted molar refractivity (Wildman–Crippen MR) is 162 cm³/mol. The van der Waals surface area contributed by atoms with Gasteiger partial charge in [-0.25, -0.2) is 0 Å². The number of hydrogen-bond donors (Lipinski definition) is 0. The molecular formula is C33H56O8. The summed E-state index contributed by atoms with van der Waals surface area (Å²) in [5.74, 6) is 0.574. The van der Waals surface area contributed by atoms with Crippen molar-refractivity contribution in [2.45, 2.75) is 96.8 Å². The average molecular weight is 581 g/mol. The van der Waals surface area contributed by atoms with Gasteiger partial charge in [0.2, 0.25) is 0 Å². The molecule has 236 valence electrons. The van der Waals surface area contributed by atoms with Crippen LogP contribution in [-0.4, -0.2) is 78.3 Å². The van der Waals surface area contributed by atoms with Gasteiger partial charge in [-0.2, -0.15) is 0 Å². The van der Waals surface area contributed by atoms with Crippen LogP contribution in [0.2, 0.25) is 0 Å². The lowest BCUT2D eigenvalue weighted by Gasteiger charge is -2.09. The quantitative estimate of drug-likeness (QED) is 0.0529. The number of rotatable bonds is 31. The highest BCUT2D eigenvalue weighted by Gasteiger charge is 2.03. The average Bonchev–Trinajstić information content (AvgIpc) is 2.99. The van der Waals surface area contributed by atoms with Gasteiger partial charge in [0.15, 0.2) is 0 Å². The number of benzene rings is 1. The van der Waals surface area contributed by atoms with Crippen molar-refractivity contribution in [2.75, 3.05) is 66.1 Å². The van der Waals surface area contributed by atoms with Crippen LogP contribution in [0.3, 0.4) is 0 Å². The molecule has 0 aliphatic heterocycles. The molecule has 0 saturated heterocycles. The van der Waals surface area contributed by atoms with Gasteiger partial charge in [0.25, 0.3) is 0 Å². The Bertz CT molecular complexity index is 710. The van der Waals surface area contributed by atoms with E-state index in [4.69, 9.17) is 28.4 Å². The molecule has 8 nitrogen and oxygen atoms in total. The van der Waals surface area contributed by atoms with Crippen LogP contribution in [0.4, 0.5) is 0 Å². The molecule has 0 spiro atoms. The summed E-state index contributed by atoms with van der Waals surface area (Å²) in [7, 11) is 0. The third-order valence-electron chi connectivity index (χ3n) is 6.60. The van der Waals surface area contributed by atoms with Crippen molar-refractivity contribution >= 4 is 12.3 Å². The van der Waals surface area contributed by atoms with Gasteiger partial charge in [-0.15, -0.1) is 0 Å². The molecule has 0 N–H and O–H groups in total. The highest BCUT2D eigenvalue weighted by molar-refractivity contribution is 5.74. The third kappa shape index (κ3) is 25.4. The lowest BCUT2D eigenvalue weighted by atomic mass is 10.0. The zero-order chi connectivity index (χ0) is 29.5. The second kappa shape index (κ2) is 29.5. The highest BCUT2D eigenvalue weighted by atomic mass is 16.6. The van der Waals surface area contributed by atoms with Crippen molar-refractivity contribution in [1.82, 2.24) is 0 Å². The first kappa shape index (κ1) is 37.0. The van der Waals surface area contributed by atoms with Gasteiger partial charge in [-0.3, -0.25) is 9.59 Å². The molecule has 0 radical (unpaired) electrons. The minimum atomic E-state index is -0.132. The largest absolute Gasteiger partial charge is 0.491 e. The fraction of sp³-hybridized carbons (Fsp3) is 0.758. The van der Waals surface area contributed by atoms with Crippen LogP contribution in [0, 0.1) is 0 Å². The van der Waals surface area contributed by atoms with Crippen molar-refractivity contribution in [2.24, 2.45) is 0 Å². The number of carbonyl (C=O) groups is 2. The number of carbonyl (C=O) groups excluding carboxylic acids is 2. The molecule has 0 saturated carbocycles. The zero-order valence-corrected chi connectivity index (χ0v) is 25.6. The maximum atomic E-state index is 11.8. The van der Waals surface area contributed by atoms with E-state index in [-0.39, 0.29) is 12.6 Å². The Balaban J connectivity index is 1.71. The number of unbranched alkanes of at least 4 members (excludes halogenated alkanes) is 12. The topological polar surface area (TPSA) is 89.5 Å². The van der Waals surface area contributed by atoms with E-state index in [2.05, 4.69) is 6.92 Å². The van der Waals surface area contributed by atoms with Crippen molar-refractivity contribution in [3.05, 3.63) is 29.8 Å². The Labute approximate surface area is 248 Å². The summed E-state index contributed by atoms with van der Waals surface area (Å²) in [6.07, 6.45) is 18.1. The van der Waals surface area contributed by atoms with Crippen LogP contribution in [-0.2, 0) is 28.5 Å². The Kier molecular flexibility index (Phi) is 26.6. The Morgan fingerprint density at radius 1 is 0.561 bits per heavy atom. The molecule has 8 heteroatoms. The van der Waals surface area contributed by atoms with Gasteiger partial charge in [-0.1, -0.05) is 84.0 Å². The van der Waals surface area contributed by atoms with E-state index >= 15 is 0 Å². The maximum Gasteiger partial charge on any atom is 0.305 e. The van der Waals surface area contributed by atoms with Crippen molar-refractivity contribution in [3.8, 4) is 5.75 Å². The van der Waals surface area contributed by atoms with Crippen molar-refractivity contribution in [1.29, 1.82) is 0 Å². The molecule has 0 unspecified atom stereocenters. The van der Waals surface area contributed by atoms with E-state index < -0.39 is 0 Å². The molecule has 0 bridgehead atoms. The molecule has 0 aromatic heterocycles. The van der Waals surface area contributed by atoms with Crippen LogP contribution in [0.15, 0.2) is 24.3 Å². The van der Waals surface area contributed by atoms with Gasteiger partial charge < -0.3 is 28.4 Å². The lowest BCUT2D eigenvalue weighted by Crippen LogP contribution is -2.15. The molecule has 1 aromatic carbocycles. The standard InChI is InChI=1S/C33H56O8/c1-2-3-4-5-6-7-8-9-10-11-12-13-14-15-33(35)41-29-27-39-25-23-37-21-20-36-22-24-38-26-28-40-32-18-16-31(30-34)17-19-32/h16-19,30H,2-15,20-29H2,1H3. The number of esters is 1. The smallest absolute Gasteiger partial charge is 0.305 e. The predicted octanol–water partition coefficient (Wildman–Crippen LogP) is 6.97. The molecule has 41 heavy (non-hydrogen) atoms. The minimum Gasteiger partial charge on any atom is -0.491 e. The summed E-state index contributed by atoms with van der Waals surface area (Å²) >= 11 is 0. The van der Waals surface area contributed by atoms with Crippen molar-refractivity contribution in [3.63, 3.8) is 0 Å². The second-order valence-electron chi connectivity index (χ2n) is 10.2. The molecule has 1 aromatic rings. The molecular weight excluding hydrogens is 524 g/mol. The van der Waals surface area contributed by atoms with E-state index in [1.54, 1.807) is 24.3 Å². The van der Waals surface area contributed by atoms with Crippen LogP contribution >= 0.6 is 0 Å². The van der Waals surface area contributed by atoms with E-state index in [0.717, 1.165) is 19.1 Å². The van der Waals surface area contributed by atoms with Gasteiger partial charge in [-0.05, 0) is 30.7 Å². The number of hydrogen-bond acceptors (Lipinski definition) is 8.